The van der Waals surface area contributed by atoms with Gasteiger partial charge in [0.05, 0.1) is 29.9 Å². The van der Waals surface area contributed by atoms with E-state index in [4.69, 9.17) is 16.3 Å². The number of methoxy groups -OCH3 is 1. The molecule has 112 valence electrons. The average Bonchev–Trinajstić information content (AvgIpc) is 2.83. The zero-order valence-corrected chi connectivity index (χ0v) is 11.6. The van der Waals surface area contributed by atoms with Crippen LogP contribution in [0.4, 0.5) is 13.2 Å². The molecule has 0 radical (unpaired) electrons. The van der Waals surface area contributed by atoms with Gasteiger partial charge >= 0.3 is 0 Å². The van der Waals surface area contributed by atoms with Gasteiger partial charge in [-0.25, -0.2) is 13.2 Å². The standard InChI is InChI=1S/C13H10ClF3N2O2/c1-21-5-4-19-12(8(14)6-18-19)13(20)7-2-3-9(15)11(17)10(7)16/h2-3,6H,4-5H2,1H3. The lowest BCUT2D eigenvalue weighted by atomic mass is 10.1. The Balaban J connectivity index is 2.45. The molecule has 0 amide bonds. The number of rotatable bonds is 5. The minimum Gasteiger partial charge on any atom is -0.383 e. The van der Waals surface area contributed by atoms with Gasteiger partial charge in [0.25, 0.3) is 0 Å². The second kappa shape index (κ2) is 6.28. The van der Waals surface area contributed by atoms with Gasteiger partial charge in [-0.15, -0.1) is 0 Å². The Morgan fingerprint density at radius 3 is 2.71 bits per heavy atom. The molecule has 1 aromatic heterocycles. The predicted octanol–water partition coefficient (Wildman–Crippen LogP) is 2.83. The molecule has 2 rings (SSSR count). The minimum absolute atomic E-state index is 0.0137. The van der Waals surface area contributed by atoms with Crippen LogP contribution in [0.5, 0.6) is 0 Å². The number of ketones is 1. The van der Waals surface area contributed by atoms with Crippen LogP contribution in [0.15, 0.2) is 18.3 Å². The summed E-state index contributed by atoms with van der Waals surface area (Å²) in [5.74, 6) is -5.52. The van der Waals surface area contributed by atoms with Crippen LogP contribution in [-0.2, 0) is 11.3 Å². The van der Waals surface area contributed by atoms with Crippen molar-refractivity contribution in [2.75, 3.05) is 13.7 Å². The highest BCUT2D eigenvalue weighted by molar-refractivity contribution is 6.34. The molecule has 0 spiro atoms. The average molecular weight is 319 g/mol. The molecule has 21 heavy (non-hydrogen) atoms. The molecule has 0 saturated carbocycles. The van der Waals surface area contributed by atoms with E-state index in [0.29, 0.717) is 6.07 Å². The van der Waals surface area contributed by atoms with Crippen molar-refractivity contribution in [3.05, 3.63) is 52.1 Å². The van der Waals surface area contributed by atoms with E-state index in [1.807, 2.05) is 0 Å². The molecule has 2 aromatic rings. The van der Waals surface area contributed by atoms with Gasteiger partial charge in [0.15, 0.2) is 17.5 Å². The highest BCUT2D eigenvalue weighted by atomic mass is 35.5. The van der Waals surface area contributed by atoms with Crippen LogP contribution >= 0.6 is 11.6 Å². The maximum absolute atomic E-state index is 13.7. The summed E-state index contributed by atoms with van der Waals surface area (Å²) in [6.07, 6.45) is 1.21. The molecule has 1 heterocycles. The molecule has 0 bridgehead atoms. The number of aromatic nitrogens is 2. The highest BCUT2D eigenvalue weighted by Gasteiger charge is 2.25. The lowest BCUT2D eigenvalue weighted by Crippen LogP contribution is -2.16. The molecular weight excluding hydrogens is 309 g/mol. The Kier molecular flexibility index (Phi) is 4.64. The van der Waals surface area contributed by atoms with Gasteiger partial charge in [-0.05, 0) is 12.1 Å². The van der Waals surface area contributed by atoms with Crippen LogP contribution < -0.4 is 0 Å². The van der Waals surface area contributed by atoms with E-state index in [-0.39, 0.29) is 23.9 Å². The third-order valence-corrected chi connectivity index (χ3v) is 3.07. The molecule has 0 saturated heterocycles. The second-order valence-electron chi connectivity index (χ2n) is 4.11. The number of benzene rings is 1. The van der Waals surface area contributed by atoms with E-state index < -0.39 is 28.8 Å². The number of halogens is 4. The van der Waals surface area contributed by atoms with Crippen molar-refractivity contribution in [2.45, 2.75) is 6.54 Å². The highest BCUT2D eigenvalue weighted by Crippen LogP contribution is 2.23. The van der Waals surface area contributed by atoms with E-state index in [1.54, 1.807) is 0 Å². The smallest absolute Gasteiger partial charge is 0.215 e. The van der Waals surface area contributed by atoms with E-state index in [2.05, 4.69) is 5.10 Å². The van der Waals surface area contributed by atoms with Gasteiger partial charge in [0, 0.05) is 7.11 Å². The number of ether oxygens (including phenoxy) is 1. The van der Waals surface area contributed by atoms with Crippen molar-refractivity contribution in [3.63, 3.8) is 0 Å². The van der Waals surface area contributed by atoms with Gasteiger partial charge < -0.3 is 4.74 Å². The third kappa shape index (κ3) is 2.93. The third-order valence-electron chi connectivity index (χ3n) is 2.80. The summed E-state index contributed by atoms with van der Waals surface area (Å²) >= 11 is 5.86. The first kappa shape index (κ1) is 15.5. The molecule has 0 fully saturated rings. The van der Waals surface area contributed by atoms with Gasteiger partial charge in [0.2, 0.25) is 5.78 Å². The van der Waals surface area contributed by atoms with Crippen molar-refractivity contribution >= 4 is 17.4 Å². The van der Waals surface area contributed by atoms with E-state index >= 15 is 0 Å². The van der Waals surface area contributed by atoms with Crippen LogP contribution in [0.3, 0.4) is 0 Å². The predicted molar refractivity (Wildman–Crippen MR) is 68.9 cm³/mol. The van der Waals surface area contributed by atoms with Crippen LogP contribution in [0.2, 0.25) is 5.02 Å². The van der Waals surface area contributed by atoms with Crippen molar-refractivity contribution < 1.29 is 22.7 Å². The fourth-order valence-corrected chi connectivity index (χ4v) is 1.99. The second-order valence-corrected chi connectivity index (χ2v) is 4.52. The molecule has 0 atom stereocenters. The Morgan fingerprint density at radius 1 is 1.33 bits per heavy atom. The lowest BCUT2D eigenvalue weighted by molar-refractivity contribution is 0.102. The fraction of sp³-hybridized carbons (Fsp3) is 0.231. The molecule has 4 nitrogen and oxygen atoms in total. The maximum atomic E-state index is 13.7. The Labute approximate surface area is 123 Å². The summed E-state index contributed by atoms with van der Waals surface area (Å²) in [5.41, 5.74) is -0.728. The molecule has 0 unspecified atom stereocenters. The Bertz CT molecular complexity index is 688. The minimum atomic E-state index is -1.71. The lowest BCUT2D eigenvalue weighted by Gasteiger charge is -2.08. The molecule has 0 aliphatic carbocycles. The monoisotopic (exact) mass is 318 g/mol. The molecular formula is C13H10ClF3N2O2. The van der Waals surface area contributed by atoms with Crippen LogP contribution in [0.25, 0.3) is 0 Å². The summed E-state index contributed by atoms with van der Waals surface area (Å²) in [5, 5.41) is 3.85. The normalized spacial score (nSPS) is 10.9. The zero-order valence-electron chi connectivity index (χ0n) is 10.9. The van der Waals surface area contributed by atoms with E-state index in [1.165, 1.54) is 18.0 Å². The van der Waals surface area contributed by atoms with Gasteiger partial charge in [0.1, 0.15) is 5.69 Å². The first-order chi connectivity index (χ1) is 9.97. The number of nitrogens with zero attached hydrogens (tertiary/aromatic N) is 2. The number of hydrogen-bond acceptors (Lipinski definition) is 3. The zero-order chi connectivity index (χ0) is 15.6. The molecule has 0 aliphatic heterocycles. The first-order valence-corrected chi connectivity index (χ1v) is 6.23. The summed E-state index contributed by atoms with van der Waals surface area (Å²) in [6.45, 7) is 0.453. The SMILES string of the molecule is COCCn1ncc(Cl)c1C(=O)c1ccc(F)c(F)c1F. The Hall–Kier alpha value is -1.86. The van der Waals surface area contributed by atoms with Gasteiger partial charge in [-0.3, -0.25) is 9.48 Å². The first-order valence-electron chi connectivity index (χ1n) is 5.85. The van der Waals surface area contributed by atoms with E-state index in [9.17, 15) is 18.0 Å². The summed E-state index contributed by atoms with van der Waals surface area (Å²) in [7, 11) is 1.46. The summed E-state index contributed by atoms with van der Waals surface area (Å²) < 4.78 is 45.9. The molecule has 1 aromatic carbocycles. The topological polar surface area (TPSA) is 44.1 Å². The molecule has 0 N–H and O–H groups in total. The number of carbonyl (C=O) groups is 1. The van der Waals surface area contributed by atoms with Crippen molar-refractivity contribution in [3.8, 4) is 0 Å². The largest absolute Gasteiger partial charge is 0.383 e. The molecule has 8 heteroatoms. The van der Waals surface area contributed by atoms with Gasteiger partial charge in [-0.1, -0.05) is 11.6 Å². The van der Waals surface area contributed by atoms with Crippen LogP contribution in [0, 0.1) is 17.5 Å². The summed E-state index contributed by atoms with van der Waals surface area (Å²) in [6, 6.07) is 1.54. The van der Waals surface area contributed by atoms with Crippen molar-refractivity contribution in [1.82, 2.24) is 9.78 Å². The van der Waals surface area contributed by atoms with Crippen LogP contribution in [-0.4, -0.2) is 29.3 Å². The maximum Gasteiger partial charge on any atom is 0.215 e. The van der Waals surface area contributed by atoms with Crippen molar-refractivity contribution in [2.24, 2.45) is 0 Å². The fourth-order valence-electron chi connectivity index (χ4n) is 1.76. The molecule has 0 aliphatic rings. The van der Waals surface area contributed by atoms with Crippen LogP contribution in [0.1, 0.15) is 16.1 Å². The van der Waals surface area contributed by atoms with Crippen molar-refractivity contribution in [1.29, 1.82) is 0 Å². The van der Waals surface area contributed by atoms with Gasteiger partial charge in [-0.2, -0.15) is 5.10 Å². The quantitative estimate of drug-likeness (QED) is 0.629. The number of hydrogen-bond donors (Lipinski definition) is 0. The van der Waals surface area contributed by atoms with E-state index in [0.717, 1.165) is 6.07 Å². The Morgan fingerprint density at radius 2 is 2.05 bits per heavy atom. The summed E-state index contributed by atoms with van der Waals surface area (Å²) in [4.78, 5) is 12.3. The number of carbonyl (C=O) groups excluding carboxylic acids is 1.